The zero-order chi connectivity index (χ0) is 17.5. The van der Waals surface area contributed by atoms with Crippen LogP contribution in [0.25, 0.3) is 0 Å². The van der Waals surface area contributed by atoms with Gasteiger partial charge in [-0.25, -0.2) is 4.57 Å². The van der Waals surface area contributed by atoms with E-state index in [4.69, 9.17) is 0 Å². The summed E-state index contributed by atoms with van der Waals surface area (Å²) in [4.78, 5) is 2.59. The first kappa shape index (κ1) is 18.9. The summed E-state index contributed by atoms with van der Waals surface area (Å²) >= 11 is 0. The number of aryl methyl sites for hydroxylation is 1. The van der Waals surface area contributed by atoms with E-state index in [-0.39, 0.29) is 0 Å². The fraction of sp³-hybridized carbons (Fsp3) is 0.783. The van der Waals surface area contributed by atoms with Crippen LogP contribution in [0.15, 0.2) is 18.3 Å². The van der Waals surface area contributed by atoms with Crippen LogP contribution in [0, 0.1) is 5.92 Å². The van der Waals surface area contributed by atoms with E-state index in [1.54, 1.807) is 11.3 Å². The minimum absolute atomic E-state index is 0.694. The van der Waals surface area contributed by atoms with Crippen molar-refractivity contribution in [3.8, 4) is 0 Å². The van der Waals surface area contributed by atoms with E-state index < -0.39 is 0 Å². The largest absolute Gasteiger partial charge is 0.299 e. The molecule has 1 fully saturated rings. The van der Waals surface area contributed by atoms with Crippen molar-refractivity contribution >= 4 is 0 Å². The number of rotatable bonds is 10. The van der Waals surface area contributed by atoms with E-state index in [1.807, 2.05) is 0 Å². The lowest BCUT2D eigenvalue weighted by atomic mass is 9.82. The number of unbranched alkanes of at least 4 members (excludes halogenated alkanes) is 8. The summed E-state index contributed by atoms with van der Waals surface area (Å²) in [5, 5.41) is 0. The molecular weight excluding hydrogens is 304 g/mol. The molecule has 2 nitrogen and oxygen atoms in total. The van der Waals surface area contributed by atoms with Crippen LogP contribution < -0.4 is 4.57 Å². The monoisotopic (exact) mass is 343 g/mol. The fourth-order valence-corrected chi connectivity index (χ4v) is 5.10. The Kier molecular flexibility index (Phi) is 7.34. The highest BCUT2D eigenvalue weighted by Crippen LogP contribution is 2.42. The Bertz CT molecular complexity index is 525. The molecule has 0 aromatic carbocycles. The Morgan fingerprint density at radius 1 is 1.00 bits per heavy atom. The molecule has 0 spiro atoms. The third kappa shape index (κ3) is 4.84. The Balaban J connectivity index is 1.43. The van der Waals surface area contributed by atoms with E-state index in [0.717, 1.165) is 5.92 Å². The third-order valence-corrected chi connectivity index (χ3v) is 6.57. The molecule has 0 radical (unpaired) electrons. The molecule has 3 rings (SSSR count). The number of aromatic nitrogens is 1. The van der Waals surface area contributed by atoms with Gasteiger partial charge in [0.05, 0.1) is 0 Å². The van der Waals surface area contributed by atoms with Gasteiger partial charge in [0.25, 0.3) is 0 Å². The summed E-state index contributed by atoms with van der Waals surface area (Å²) in [6.45, 7) is 4.80. The van der Waals surface area contributed by atoms with Crippen LogP contribution in [0.3, 0.4) is 0 Å². The van der Waals surface area contributed by atoms with Gasteiger partial charge in [0.15, 0.2) is 11.9 Å². The smallest absolute Gasteiger partial charge is 0.186 e. The molecule has 0 N–H and O–H groups in total. The maximum absolute atomic E-state index is 2.59. The molecule has 25 heavy (non-hydrogen) atoms. The number of likely N-dealkylation sites (tertiary alicyclic amines) is 1. The zero-order valence-electron chi connectivity index (χ0n) is 16.7. The van der Waals surface area contributed by atoms with E-state index >= 15 is 0 Å². The Morgan fingerprint density at radius 3 is 2.48 bits per heavy atom. The quantitative estimate of drug-likeness (QED) is 0.405. The lowest BCUT2D eigenvalue weighted by Crippen LogP contribution is -2.42. The molecule has 2 aliphatic rings. The molecule has 140 valence electrons. The number of hydrogen-bond donors (Lipinski definition) is 0. The normalized spacial score (nSPS) is 22.8. The molecule has 1 aliphatic carbocycles. The Hall–Kier alpha value is -0.890. The van der Waals surface area contributed by atoms with Crippen LogP contribution in [0.5, 0.6) is 0 Å². The molecule has 2 heterocycles. The maximum atomic E-state index is 2.59. The van der Waals surface area contributed by atoms with Gasteiger partial charge in [0.1, 0.15) is 6.54 Å². The van der Waals surface area contributed by atoms with Crippen LogP contribution in [0.1, 0.15) is 94.9 Å². The molecule has 1 saturated heterocycles. The van der Waals surface area contributed by atoms with E-state index in [0.29, 0.717) is 6.04 Å². The van der Waals surface area contributed by atoms with Crippen molar-refractivity contribution in [3.05, 3.63) is 29.6 Å². The molecular formula is C23H39N2+. The summed E-state index contributed by atoms with van der Waals surface area (Å²) in [5.41, 5.74) is 3.27. The minimum atomic E-state index is 0.694. The van der Waals surface area contributed by atoms with Crippen molar-refractivity contribution in [1.82, 2.24) is 4.90 Å². The first-order chi connectivity index (χ1) is 12.3. The molecule has 2 heteroatoms. The highest BCUT2D eigenvalue weighted by atomic mass is 15.2. The van der Waals surface area contributed by atoms with Gasteiger partial charge in [-0.15, -0.1) is 0 Å². The summed E-state index contributed by atoms with van der Waals surface area (Å²) in [6, 6.07) is 5.39. The van der Waals surface area contributed by atoms with Gasteiger partial charge in [-0.05, 0) is 44.8 Å². The molecule has 0 unspecified atom stereocenters. The lowest BCUT2D eigenvalue weighted by molar-refractivity contribution is -0.705. The standard InChI is InChI=1S/C23H39N2/c1-3-4-5-6-7-8-9-10-11-17-25-18-12-13-21-22(25)15-14-20-16-19-24(2)23(20)21/h12-13,18,20,23H,3-11,14-17,19H2,1-2H3/q+1/t20-,23+/m1/s1. The van der Waals surface area contributed by atoms with Gasteiger partial charge >= 0.3 is 0 Å². The highest BCUT2D eigenvalue weighted by molar-refractivity contribution is 5.25. The second-order valence-electron chi connectivity index (χ2n) is 8.44. The maximum Gasteiger partial charge on any atom is 0.186 e. The summed E-state index contributed by atoms with van der Waals surface area (Å²) < 4.78 is 2.58. The molecule has 1 aliphatic heterocycles. The van der Waals surface area contributed by atoms with E-state index in [9.17, 15) is 0 Å². The molecule has 1 aromatic heterocycles. The average molecular weight is 344 g/mol. The van der Waals surface area contributed by atoms with Crippen LogP contribution in [0.2, 0.25) is 0 Å². The third-order valence-electron chi connectivity index (χ3n) is 6.57. The zero-order valence-corrected chi connectivity index (χ0v) is 16.7. The summed E-state index contributed by atoms with van der Waals surface area (Å²) in [7, 11) is 2.32. The second kappa shape index (κ2) is 9.71. The van der Waals surface area contributed by atoms with Gasteiger partial charge in [0.2, 0.25) is 0 Å². The number of fused-ring (bicyclic) bond motifs is 3. The summed E-state index contributed by atoms with van der Waals surface area (Å²) in [5.74, 6) is 0.904. The lowest BCUT2D eigenvalue weighted by Gasteiger charge is -2.30. The SMILES string of the molecule is CCCCCCCCCCC[n+]1cccc2c1CC[C@@H]1CCN(C)[C@H]21. The molecule has 0 saturated carbocycles. The second-order valence-corrected chi connectivity index (χ2v) is 8.44. The van der Waals surface area contributed by atoms with Crippen molar-refractivity contribution in [1.29, 1.82) is 0 Å². The van der Waals surface area contributed by atoms with Crippen LogP contribution in [-0.2, 0) is 13.0 Å². The Labute approximate surface area is 155 Å². The van der Waals surface area contributed by atoms with Gasteiger partial charge in [0, 0.05) is 30.5 Å². The molecule has 0 bridgehead atoms. The van der Waals surface area contributed by atoms with Crippen LogP contribution >= 0.6 is 0 Å². The first-order valence-electron chi connectivity index (χ1n) is 11.0. The van der Waals surface area contributed by atoms with Crippen molar-refractivity contribution in [2.24, 2.45) is 5.92 Å². The topological polar surface area (TPSA) is 7.12 Å². The fourth-order valence-electron chi connectivity index (χ4n) is 5.10. The highest BCUT2D eigenvalue weighted by Gasteiger charge is 2.40. The van der Waals surface area contributed by atoms with Crippen molar-refractivity contribution in [2.45, 2.75) is 96.6 Å². The molecule has 2 atom stereocenters. The summed E-state index contributed by atoms with van der Waals surface area (Å²) in [6.07, 6.45) is 19.1. The van der Waals surface area contributed by atoms with Gasteiger partial charge < -0.3 is 0 Å². The minimum Gasteiger partial charge on any atom is -0.299 e. The number of nitrogens with zero attached hydrogens (tertiary/aromatic N) is 2. The van der Waals surface area contributed by atoms with Gasteiger partial charge in [-0.3, -0.25) is 4.90 Å². The van der Waals surface area contributed by atoms with Crippen molar-refractivity contribution in [3.63, 3.8) is 0 Å². The predicted octanol–water partition coefficient (Wildman–Crippen LogP) is 5.44. The van der Waals surface area contributed by atoms with E-state index in [1.165, 1.54) is 90.1 Å². The Morgan fingerprint density at radius 2 is 1.72 bits per heavy atom. The van der Waals surface area contributed by atoms with Crippen LogP contribution in [-0.4, -0.2) is 18.5 Å². The van der Waals surface area contributed by atoms with Crippen molar-refractivity contribution < 1.29 is 4.57 Å². The first-order valence-corrected chi connectivity index (χ1v) is 11.0. The van der Waals surface area contributed by atoms with Crippen LogP contribution in [0.4, 0.5) is 0 Å². The predicted molar refractivity (Wildman–Crippen MR) is 106 cm³/mol. The van der Waals surface area contributed by atoms with E-state index in [2.05, 4.69) is 41.8 Å². The molecule has 1 aromatic rings. The van der Waals surface area contributed by atoms with Gasteiger partial charge in [-0.1, -0.05) is 51.9 Å². The number of pyridine rings is 1. The van der Waals surface area contributed by atoms with Gasteiger partial charge in [-0.2, -0.15) is 0 Å². The average Bonchev–Trinajstić information content (AvgIpc) is 3.02. The van der Waals surface area contributed by atoms with Crippen molar-refractivity contribution in [2.75, 3.05) is 13.6 Å². The number of hydrogen-bond acceptors (Lipinski definition) is 1. The molecule has 0 amide bonds.